The summed E-state index contributed by atoms with van der Waals surface area (Å²) in [5, 5.41) is 10.1. The van der Waals surface area contributed by atoms with Crippen LogP contribution in [0.2, 0.25) is 0 Å². The third kappa shape index (κ3) is 3.93. The molecule has 1 aromatic carbocycles. The molecule has 0 radical (unpaired) electrons. The second kappa shape index (κ2) is 5.16. The minimum atomic E-state index is -0.544. The molecule has 0 aliphatic rings. The molecule has 0 amide bonds. The molecule has 0 saturated carbocycles. The molecule has 1 nitrogen and oxygen atoms in total. The van der Waals surface area contributed by atoms with Crippen molar-refractivity contribution in [1.29, 1.82) is 0 Å². The molecule has 0 aliphatic heterocycles. The molecule has 1 aromatic rings. The zero-order valence-electron chi connectivity index (χ0n) is 9.16. The van der Waals surface area contributed by atoms with Crippen molar-refractivity contribution in [3.63, 3.8) is 0 Å². The average Bonchev–Trinajstić information content (AvgIpc) is 2.16. The maximum absolute atomic E-state index is 10.1. The Morgan fingerprint density at radius 1 is 1.21 bits per heavy atom. The van der Waals surface area contributed by atoms with Gasteiger partial charge in [0.05, 0.1) is 5.60 Å². The van der Waals surface area contributed by atoms with E-state index in [1.807, 2.05) is 25.1 Å². The molecule has 0 bridgehead atoms. The molecule has 0 aromatic heterocycles. The van der Waals surface area contributed by atoms with Crippen molar-refractivity contribution in [3.05, 3.63) is 35.9 Å². The van der Waals surface area contributed by atoms with Crippen LogP contribution in [0, 0.1) is 0 Å². The van der Waals surface area contributed by atoms with Gasteiger partial charge in [-0.3, -0.25) is 0 Å². The van der Waals surface area contributed by atoms with Gasteiger partial charge in [0.25, 0.3) is 0 Å². The number of unbranched alkanes of at least 4 members (excludes halogenated alkanes) is 1. The van der Waals surface area contributed by atoms with Gasteiger partial charge in [-0.2, -0.15) is 0 Å². The first-order chi connectivity index (χ1) is 6.64. The van der Waals surface area contributed by atoms with Crippen LogP contribution in [0.15, 0.2) is 30.3 Å². The lowest BCUT2D eigenvalue weighted by Gasteiger charge is -2.23. The second-order valence-electron chi connectivity index (χ2n) is 4.26. The third-order valence-electron chi connectivity index (χ3n) is 2.50. The Morgan fingerprint density at radius 2 is 1.86 bits per heavy atom. The standard InChI is InChI=1S/C13H20O/c1-3-4-10-13(2,14)11-12-8-6-5-7-9-12/h5-9,14H,3-4,10-11H2,1-2H3. The minimum Gasteiger partial charge on any atom is -0.390 e. The summed E-state index contributed by atoms with van der Waals surface area (Å²) in [5.41, 5.74) is 0.672. The predicted octanol–water partition coefficient (Wildman–Crippen LogP) is 3.17. The van der Waals surface area contributed by atoms with Gasteiger partial charge in [0, 0.05) is 6.42 Å². The molecule has 0 fully saturated rings. The summed E-state index contributed by atoms with van der Waals surface area (Å²) in [6, 6.07) is 10.2. The first kappa shape index (κ1) is 11.3. The fourth-order valence-corrected chi connectivity index (χ4v) is 1.68. The van der Waals surface area contributed by atoms with E-state index in [1.54, 1.807) is 0 Å². The van der Waals surface area contributed by atoms with Crippen molar-refractivity contribution in [2.45, 2.75) is 45.1 Å². The first-order valence-corrected chi connectivity index (χ1v) is 5.40. The summed E-state index contributed by atoms with van der Waals surface area (Å²) < 4.78 is 0. The molecule has 0 spiro atoms. The van der Waals surface area contributed by atoms with Crippen LogP contribution in [0.3, 0.4) is 0 Å². The van der Waals surface area contributed by atoms with Crippen LogP contribution in [0.5, 0.6) is 0 Å². The van der Waals surface area contributed by atoms with Gasteiger partial charge in [0.2, 0.25) is 0 Å². The molecule has 14 heavy (non-hydrogen) atoms. The quantitative estimate of drug-likeness (QED) is 0.759. The van der Waals surface area contributed by atoms with E-state index in [4.69, 9.17) is 0 Å². The Labute approximate surface area is 86.8 Å². The van der Waals surface area contributed by atoms with E-state index >= 15 is 0 Å². The number of hydrogen-bond acceptors (Lipinski definition) is 1. The Bertz CT molecular complexity index is 251. The van der Waals surface area contributed by atoms with E-state index in [9.17, 15) is 5.11 Å². The zero-order chi connectivity index (χ0) is 10.4. The van der Waals surface area contributed by atoms with Crippen LogP contribution in [0.25, 0.3) is 0 Å². The predicted molar refractivity (Wildman–Crippen MR) is 60.3 cm³/mol. The average molecular weight is 192 g/mol. The van der Waals surface area contributed by atoms with Crippen LogP contribution < -0.4 is 0 Å². The van der Waals surface area contributed by atoms with Gasteiger partial charge in [-0.25, -0.2) is 0 Å². The molecule has 1 unspecified atom stereocenters. The minimum absolute atomic E-state index is 0.544. The van der Waals surface area contributed by atoms with E-state index in [2.05, 4.69) is 19.1 Å². The third-order valence-corrected chi connectivity index (χ3v) is 2.50. The van der Waals surface area contributed by atoms with Crippen molar-refractivity contribution in [2.24, 2.45) is 0 Å². The lowest BCUT2D eigenvalue weighted by atomic mass is 9.91. The molecular formula is C13H20O. The zero-order valence-corrected chi connectivity index (χ0v) is 9.16. The van der Waals surface area contributed by atoms with E-state index in [-0.39, 0.29) is 0 Å². The second-order valence-corrected chi connectivity index (χ2v) is 4.26. The van der Waals surface area contributed by atoms with E-state index in [1.165, 1.54) is 5.56 Å². The fourth-order valence-electron chi connectivity index (χ4n) is 1.68. The Morgan fingerprint density at radius 3 is 2.43 bits per heavy atom. The molecule has 78 valence electrons. The summed E-state index contributed by atoms with van der Waals surface area (Å²) >= 11 is 0. The van der Waals surface area contributed by atoms with Crippen molar-refractivity contribution >= 4 is 0 Å². The summed E-state index contributed by atoms with van der Waals surface area (Å²) in [5.74, 6) is 0. The smallest absolute Gasteiger partial charge is 0.0659 e. The number of aliphatic hydroxyl groups is 1. The lowest BCUT2D eigenvalue weighted by molar-refractivity contribution is 0.0490. The van der Waals surface area contributed by atoms with Crippen LogP contribution in [-0.2, 0) is 6.42 Å². The summed E-state index contributed by atoms with van der Waals surface area (Å²) in [6.45, 7) is 4.08. The maximum atomic E-state index is 10.1. The van der Waals surface area contributed by atoms with Gasteiger partial charge in [-0.15, -0.1) is 0 Å². The SMILES string of the molecule is CCCCC(C)(O)Cc1ccccc1. The van der Waals surface area contributed by atoms with E-state index < -0.39 is 5.60 Å². The Hall–Kier alpha value is -0.820. The van der Waals surface area contributed by atoms with Gasteiger partial charge in [-0.1, -0.05) is 50.1 Å². The highest BCUT2D eigenvalue weighted by Crippen LogP contribution is 2.19. The summed E-state index contributed by atoms with van der Waals surface area (Å²) in [6.07, 6.45) is 3.89. The molecule has 1 N–H and O–H groups in total. The Kier molecular flexibility index (Phi) is 4.15. The Balaban J connectivity index is 2.50. The van der Waals surface area contributed by atoms with Crippen molar-refractivity contribution in [3.8, 4) is 0 Å². The molecule has 0 heterocycles. The van der Waals surface area contributed by atoms with E-state index in [0.717, 1.165) is 25.7 Å². The first-order valence-electron chi connectivity index (χ1n) is 5.40. The van der Waals surface area contributed by atoms with E-state index in [0.29, 0.717) is 0 Å². The van der Waals surface area contributed by atoms with Gasteiger partial charge in [0.1, 0.15) is 0 Å². The lowest BCUT2D eigenvalue weighted by Crippen LogP contribution is -2.26. The molecule has 1 heteroatoms. The molecule has 1 atom stereocenters. The van der Waals surface area contributed by atoms with Crippen molar-refractivity contribution < 1.29 is 5.11 Å². The summed E-state index contributed by atoms with van der Waals surface area (Å²) in [4.78, 5) is 0. The van der Waals surface area contributed by atoms with Gasteiger partial charge < -0.3 is 5.11 Å². The maximum Gasteiger partial charge on any atom is 0.0659 e. The van der Waals surface area contributed by atoms with Crippen LogP contribution in [0.1, 0.15) is 38.7 Å². The molecular weight excluding hydrogens is 172 g/mol. The van der Waals surface area contributed by atoms with Crippen LogP contribution in [0.4, 0.5) is 0 Å². The highest BCUT2D eigenvalue weighted by molar-refractivity contribution is 5.16. The largest absolute Gasteiger partial charge is 0.390 e. The number of rotatable bonds is 5. The number of hydrogen-bond donors (Lipinski definition) is 1. The van der Waals surface area contributed by atoms with Crippen LogP contribution in [-0.4, -0.2) is 10.7 Å². The van der Waals surface area contributed by atoms with Crippen molar-refractivity contribution in [1.82, 2.24) is 0 Å². The van der Waals surface area contributed by atoms with Crippen LogP contribution >= 0.6 is 0 Å². The normalized spacial score (nSPS) is 15.1. The fraction of sp³-hybridized carbons (Fsp3) is 0.538. The highest BCUT2D eigenvalue weighted by Gasteiger charge is 2.19. The molecule has 1 rings (SSSR count). The monoisotopic (exact) mass is 192 g/mol. The molecule has 0 saturated heterocycles. The topological polar surface area (TPSA) is 20.2 Å². The van der Waals surface area contributed by atoms with Gasteiger partial charge in [-0.05, 0) is 18.9 Å². The van der Waals surface area contributed by atoms with Gasteiger partial charge >= 0.3 is 0 Å². The number of benzene rings is 1. The van der Waals surface area contributed by atoms with Gasteiger partial charge in [0.15, 0.2) is 0 Å². The highest BCUT2D eigenvalue weighted by atomic mass is 16.3. The van der Waals surface area contributed by atoms with Crippen molar-refractivity contribution in [2.75, 3.05) is 0 Å². The summed E-state index contributed by atoms with van der Waals surface area (Å²) in [7, 11) is 0. The molecule has 0 aliphatic carbocycles.